The quantitative estimate of drug-likeness (QED) is 0.844. The van der Waals surface area contributed by atoms with E-state index in [9.17, 15) is 4.79 Å². The molecule has 1 spiro atoms. The average Bonchev–Trinajstić information content (AvgIpc) is 3.31. The molecule has 0 saturated carbocycles. The number of piperidine rings is 1. The van der Waals surface area contributed by atoms with Gasteiger partial charge in [0, 0.05) is 24.7 Å². The molecule has 2 aliphatic heterocycles. The molecule has 2 fully saturated rings. The van der Waals surface area contributed by atoms with Crippen LogP contribution in [0, 0.1) is 0 Å². The molecule has 1 aliphatic carbocycles. The summed E-state index contributed by atoms with van der Waals surface area (Å²) in [7, 11) is 0. The van der Waals surface area contributed by atoms with E-state index < -0.39 is 0 Å². The lowest BCUT2D eigenvalue weighted by Gasteiger charge is -2.39. The Balaban J connectivity index is 1.33. The van der Waals surface area contributed by atoms with Gasteiger partial charge < -0.3 is 14.4 Å². The highest BCUT2D eigenvalue weighted by Gasteiger charge is 2.45. The second-order valence-electron chi connectivity index (χ2n) is 7.40. The molecule has 3 aliphatic rings. The number of likely N-dealkylation sites (tertiary alicyclic amines) is 1. The molecule has 134 valence electrons. The Bertz CT molecular complexity index is 646. The Morgan fingerprint density at radius 1 is 1.40 bits per heavy atom. The molecule has 0 N–H and O–H groups in total. The van der Waals surface area contributed by atoms with Gasteiger partial charge >= 0.3 is 0 Å². The molecule has 0 unspecified atom stereocenters. The van der Waals surface area contributed by atoms with Gasteiger partial charge in [-0.1, -0.05) is 12.1 Å². The number of carbonyl (C=O) groups is 1. The van der Waals surface area contributed by atoms with Crippen LogP contribution in [-0.2, 0) is 20.9 Å². The van der Waals surface area contributed by atoms with Crippen LogP contribution < -0.4 is 0 Å². The third-order valence-corrected chi connectivity index (χ3v) is 5.51. The van der Waals surface area contributed by atoms with Gasteiger partial charge in [-0.05, 0) is 44.2 Å². The monoisotopic (exact) mass is 342 g/mol. The summed E-state index contributed by atoms with van der Waals surface area (Å²) in [5.41, 5.74) is 1.72. The number of pyridine rings is 1. The summed E-state index contributed by atoms with van der Waals surface area (Å²) in [6.45, 7) is 2.67. The standard InChI is InChI=1S/C20H26N2O3/c23-19(16-6-1-2-7-16)22-11-5-9-20(15-22)12-18(14-25-20)24-13-17-8-3-4-10-21-17/h3-4,6,8,10,18H,1-2,5,7,9,11-15H2/t18-,20-/m0/s1. The highest BCUT2D eigenvalue weighted by Crippen LogP contribution is 2.37. The van der Waals surface area contributed by atoms with Gasteiger partial charge in [-0.3, -0.25) is 9.78 Å². The van der Waals surface area contributed by atoms with Gasteiger partial charge in [0.15, 0.2) is 0 Å². The molecule has 4 rings (SSSR count). The van der Waals surface area contributed by atoms with Crippen molar-refractivity contribution < 1.29 is 14.3 Å². The number of carbonyl (C=O) groups excluding carboxylic acids is 1. The zero-order valence-corrected chi connectivity index (χ0v) is 14.7. The molecule has 1 aromatic rings. The van der Waals surface area contributed by atoms with E-state index in [0.29, 0.717) is 19.8 Å². The van der Waals surface area contributed by atoms with Gasteiger partial charge in [-0.25, -0.2) is 0 Å². The van der Waals surface area contributed by atoms with Crippen molar-refractivity contribution in [2.24, 2.45) is 0 Å². The average molecular weight is 342 g/mol. The molecule has 1 aromatic heterocycles. The molecular formula is C20H26N2O3. The van der Waals surface area contributed by atoms with Gasteiger partial charge in [0.05, 0.1) is 37.2 Å². The third-order valence-electron chi connectivity index (χ3n) is 5.51. The lowest BCUT2D eigenvalue weighted by molar-refractivity contribution is -0.135. The summed E-state index contributed by atoms with van der Waals surface area (Å²) in [6.07, 6.45) is 9.95. The van der Waals surface area contributed by atoms with E-state index >= 15 is 0 Å². The van der Waals surface area contributed by atoms with E-state index in [1.807, 2.05) is 23.1 Å². The van der Waals surface area contributed by atoms with Crippen molar-refractivity contribution in [3.63, 3.8) is 0 Å². The van der Waals surface area contributed by atoms with Crippen molar-refractivity contribution in [1.29, 1.82) is 0 Å². The minimum absolute atomic E-state index is 0.0859. The molecule has 0 radical (unpaired) electrons. The maximum Gasteiger partial charge on any atom is 0.249 e. The zero-order valence-electron chi connectivity index (χ0n) is 14.7. The summed E-state index contributed by atoms with van der Waals surface area (Å²) < 4.78 is 12.2. The number of hydrogen-bond donors (Lipinski definition) is 0. The second kappa shape index (κ2) is 7.26. The number of aromatic nitrogens is 1. The first-order chi connectivity index (χ1) is 12.2. The highest BCUT2D eigenvalue weighted by molar-refractivity contribution is 5.93. The molecule has 3 heterocycles. The first-order valence-corrected chi connectivity index (χ1v) is 9.38. The number of ether oxygens (including phenoxy) is 2. The van der Waals surface area contributed by atoms with E-state index in [0.717, 1.165) is 56.3 Å². The third kappa shape index (κ3) is 3.77. The van der Waals surface area contributed by atoms with Crippen molar-refractivity contribution in [2.45, 2.75) is 56.8 Å². The van der Waals surface area contributed by atoms with Crippen LogP contribution in [0.5, 0.6) is 0 Å². The number of nitrogens with zero attached hydrogens (tertiary/aromatic N) is 2. The second-order valence-corrected chi connectivity index (χ2v) is 7.40. The lowest BCUT2D eigenvalue weighted by atomic mass is 9.89. The van der Waals surface area contributed by atoms with E-state index in [-0.39, 0.29) is 17.6 Å². The van der Waals surface area contributed by atoms with Crippen LogP contribution in [-0.4, -0.2) is 47.2 Å². The van der Waals surface area contributed by atoms with Crippen LogP contribution >= 0.6 is 0 Å². The zero-order chi connectivity index (χ0) is 17.1. The summed E-state index contributed by atoms with van der Waals surface area (Å²) in [6, 6.07) is 5.85. The molecular weight excluding hydrogens is 316 g/mol. The summed E-state index contributed by atoms with van der Waals surface area (Å²) in [4.78, 5) is 19.0. The van der Waals surface area contributed by atoms with Crippen LogP contribution in [0.25, 0.3) is 0 Å². The van der Waals surface area contributed by atoms with Crippen molar-refractivity contribution in [2.75, 3.05) is 19.7 Å². The van der Waals surface area contributed by atoms with Crippen molar-refractivity contribution in [3.05, 3.63) is 41.7 Å². The molecule has 0 aromatic carbocycles. The summed E-state index contributed by atoms with van der Waals surface area (Å²) >= 11 is 0. The van der Waals surface area contributed by atoms with Gasteiger partial charge in [0.1, 0.15) is 0 Å². The predicted molar refractivity (Wildman–Crippen MR) is 93.9 cm³/mol. The molecule has 25 heavy (non-hydrogen) atoms. The predicted octanol–water partition coefficient (Wildman–Crippen LogP) is 2.86. The van der Waals surface area contributed by atoms with Gasteiger partial charge in [-0.15, -0.1) is 0 Å². The Morgan fingerprint density at radius 2 is 2.36 bits per heavy atom. The van der Waals surface area contributed by atoms with Crippen molar-refractivity contribution >= 4 is 5.91 Å². The minimum Gasteiger partial charge on any atom is -0.370 e. The molecule has 1 amide bonds. The van der Waals surface area contributed by atoms with E-state index in [4.69, 9.17) is 9.47 Å². The first kappa shape index (κ1) is 16.7. The Labute approximate surface area is 149 Å². The molecule has 0 bridgehead atoms. The van der Waals surface area contributed by atoms with Crippen LogP contribution in [0.2, 0.25) is 0 Å². The van der Waals surface area contributed by atoms with Gasteiger partial charge in [0.25, 0.3) is 0 Å². The van der Waals surface area contributed by atoms with Gasteiger partial charge in [-0.2, -0.15) is 0 Å². The van der Waals surface area contributed by atoms with E-state index in [2.05, 4.69) is 11.1 Å². The number of allylic oxidation sites excluding steroid dienone is 1. The molecule has 5 nitrogen and oxygen atoms in total. The number of rotatable bonds is 4. The van der Waals surface area contributed by atoms with Crippen LogP contribution in [0.1, 0.15) is 44.2 Å². The highest BCUT2D eigenvalue weighted by atomic mass is 16.6. The SMILES string of the molecule is O=C(C1=CCCC1)N1CCC[C@]2(C[C@H](OCc3ccccn3)CO2)C1. The smallest absolute Gasteiger partial charge is 0.249 e. The minimum atomic E-state index is -0.220. The maximum absolute atomic E-state index is 12.7. The Kier molecular flexibility index (Phi) is 4.86. The topological polar surface area (TPSA) is 51.7 Å². The summed E-state index contributed by atoms with van der Waals surface area (Å²) in [5, 5.41) is 0. The Hall–Kier alpha value is -1.72. The van der Waals surface area contributed by atoms with Gasteiger partial charge in [0.2, 0.25) is 5.91 Å². The molecule has 5 heteroatoms. The van der Waals surface area contributed by atoms with Crippen LogP contribution in [0.3, 0.4) is 0 Å². The number of hydrogen-bond acceptors (Lipinski definition) is 4. The van der Waals surface area contributed by atoms with E-state index in [1.165, 1.54) is 0 Å². The normalized spacial score (nSPS) is 29.2. The fourth-order valence-electron chi connectivity index (χ4n) is 4.22. The lowest BCUT2D eigenvalue weighted by Crippen LogP contribution is -2.50. The maximum atomic E-state index is 12.7. The van der Waals surface area contributed by atoms with Crippen LogP contribution in [0.15, 0.2) is 36.0 Å². The summed E-state index contributed by atoms with van der Waals surface area (Å²) in [5.74, 6) is 0.220. The van der Waals surface area contributed by atoms with Crippen LogP contribution in [0.4, 0.5) is 0 Å². The van der Waals surface area contributed by atoms with E-state index in [1.54, 1.807) is 6.20 Å². The van der Waals surface area contributed by atoms with Crippen molar-refractivity contribution in [3.8, 4) is 0 Å². The Morgan fingerprint density at radius 3 is 3.16 bits per heavy atom. The fraction of sp³-hybridized carbons (Fsp3) is 0.600. The largest absolute Gasteiger partial charge is 0.370 e. The molecule has 2 atom stereocenters. The molecule has 2 saturated heterocycles. The van der Waals surface area contributed by atoms with Crippen molar-refractivity contribution in [1.82, 2.24) is 9.88 Å². The fourth-order valence-corrected chi connectivity index (χ4v) is 4.22. The first-order valence-electron chi connectivity index (χ1n) is 9.38. The number of amides is 1.